The molecule has 0 heterocycles. The van der Waals surface area contributed by atoms with Gasteiger partial charge in [-0.3, -0.25) is 0 Å². The van der Waals surface area contributed by atoms with E-state index in [-0.39, 0.29) is 26.3 Å². The molecule has 0 aliphatic rings. The number of anilines is 1. The molecule has 6 heteroatoms. The third-order valence-corrected chi connectivity index (χ3v) is 4.53. The summed E-state index contributed by atoms with van der Waals surface area (Å²) < 4.78 is 7.15. The van der Waals surface area contributed by atoms with Crippen LogP contribution < -0.4 is 19.4 Å². The van der Waals surface area contributed by atoms with Gasteiger partial charge in [0.05, 0.1) is 0 Å². The van der Waals surface area contributed by atoms with Crippen molar-refractivity contribution in [3.05, 3.63) is 52.6 Å². The van der Waals surface area contributed by atoms with Gasteiger partial charge in [0, 0.05) is 0 Å². The number of nitrogens with zero attached hydrogens (tertiary/aromatic N) is 1. The zero-order valence-corrected chi connectivity index (χ0v) is 11.9. The molecule has 0 aromatic heterocycles. The van der Waals surface area contributed by atoms with E-state index < -0.39 is 4.92 Å². The summed E-state index contributed by atoms with van der Waals surface area (Å²) in [5.41, 5.74) is 5.73. The first-order valence-corrected chi connectivity index (χ1v) is 7.17. The van der Waals surface area contributed by atoms with E-state index in [2.05, 4.69) is 0 Å². The zero-order valence-electron chi connectivity index (χ0n) is 10.2. The predicted octanol–water partition coefficient (Wildman–Crippen LogP) is 0.841. The van der Waals surface area contributed by atoms with Crippen molar-refractivity contribution < 1.29 is 9.66 Å². The molecule has 2 N–H and O–H groups in total. The molecule has 0 amide bonds. The van der Waals surface area contributed by atoms with Gasteiger partial charge in [-0.25, -0.2) is 0 Å². The van der Waals surface area contributed by atoms with Crippen LogP contribution in [0.3, 0.4) is 0 Å². The van der Waals surface area contributed by atoms with Crippen LogP contribution in [0.15, 0.2) is 42.5 Å². The Balaban J connectivity index is 2.28. The molecule has 0 saturated heterocycles. The molecule has 0 unspecified atom stereocenters. The third-order valence-electron chi connectivity index (χ3n) is 2.48. The maximum atomic E-state index is 10.8. The van der Waals surface area contributed by atoms with Crippen molar-refractivity contribution in [1.82, 2.24) is 0 Å². The van der Waals surface area contributed by atoms with Gasteiger partial charge in [-0.1, -0.05) is 0 Å². The Labute approximate surface area is 116 Å². The summed E-state index contributed by atoms with van der Waals surface area (Å²) in [6, 6.07) is 12.6. The summed E-state index contributed by atoms with van der Waals surface area (Å²) in [6.07, 6.45) is 0. The molecule has 0 atom stereocenters. The van der Waals surface area contributed by atoms with Gasteiger partial charge < -0.3 is 0 Å². The standard InChI is InChI=1S/C13H12N2O3Se/c1-18-9-3-2-4-10(7-9)19-11-5-6-12(14)13(8-11)15(16)17/h2-8H,14H2,1H3. The number of nitrogens with two attached hydrogens (primary N) is 1. The molecule has 0 fully saturated rings. The van der Waals surface area contributed by atoms with E-state index in [1.807, 2.05) is 30.3 Å². The first-order valence-electron chi connectivity index (χ1n) is 5.46. The number of benzene rings is 2. The molecule has 2 aromatic rings. The van der Waals surface area contributed by atoms with Crippen molar-refractivity contribution in [2.24, 2.45) is 0 Å². The van der Waals surface area contributed by atoms with Gasteiger partial charge in [-0.15, -0.1) is 0 Å². The van der Waals surface area contributed by atoms with Crippen molar-refractivity contribution in [1.29, 1.82) is 0 Å². The first-order chi connectivity index (χ1) is 9.10. The molecule has 19 heavy (non-hydrogen) atoms. The monoisotopic (exact) mass is 324 g/mol. The summed E-state index contributed by atoms with van der Waals surface area (Å²) in [5, 5.41) is 10.8. The van der Waals surface area contributed by atoms with Crippen LogP contribution >= 0.6 is 0 Å². The maximum absolute atomic E-state index is 10.8. The van der Waals surface area contributed by atoms with Crippen molar-refractivity contribution in [2.75, 3.05) is 12.8 Å². The van der Waals surface area contributed by atoms with Crippen molar-refractivity contribution in [2.45, 2.75) is 0 Å². The van der Waals surface area contributed by atoms with Gasteiger partial charge in [0.1, 0.15) is 0 Å². The molecule has 0 spiro atoms. The number of nitro groups is 1. The second-order valence-corrected chi connectivity index (χ2v) is 6.17. The average Bonchev–Trinajstić information content (AvgIpc) is 2.41. The van der Waals surface area contributed by atoms with Crippen LogP contribution in [-0.4, -0.2) is 27.0 Å². The van der Waals surface area contributed by atoms with Crippen LogP contribution in [-0.2, 0) is 0 Å². The summed E-state index contributed by atoms with van der Waals surface area (Å²) in [7, 11) is 1.61. The topological polar surface area (TPSA) is 78.4 Å². The Kier molecular flexibility index (Phi) is 4.04. The van der Waals surface area contributed by atoms with E-state index in [1.165, 1.54) is 6.07 Å². The van der Waals surface area contributed by atoms with Gasteiger partial charge in [0.2, 0.25) is 0 Å². The molecule has 0 aliphatic heterocycles. The molecule has 5 nitrogen and oxygen atoms in total. The Bertz CT molecular complexity index is 617. The fourth-order valence-corrected chi connectivity index (χ4v) is 3.44. The van der Waals surface area contributed by atoms with Gasteiger partial charge in [-0.2, -0.15) is 0 Å². The summed E-state index contributed by atoms with van der Waals surface area (Å²) in [5.74, 6) is 0.782. The van der Waals surface area contributed by atoms with Crippen LogP contribution in [0.4, 0.5) is 11.4 Å². The number of hydrogen-bond acceptors (Lipinski definition) is 4. The van der Waals surface area contributed by atoms with Gasteiger partial charge in [0.25, 0.3) is 0 Å². The minimum absolute atomic E-state index is 0.0208. The van der Waals surface area contributed by atoms with Gasteiger partial charge >= 0.3 is 116 Å². The molecular weight excluding hydrogens is 311 g/mol. The molecular formula is C13H12N2O3Se. The number of nitro benzene ring substituents is 1. The predicted molar refractivity (Wildman–Crippen MR) is 75.5 cm³/mol. The van der Waals surface area contributed by atoms with E-state index in [0.717, 1.165) is 14.7 Å². The molecule has 0 radical (unpaired) electrons. The molecule has 2 aromatic carbocycles. The van der Waals surface area contributed by atoms with Gasteiger partial charge in [-0.05, 0) is 0 Å². The number of rotatable bonds is 4. The van der Waals surface area contributed by atoms with Crippen molar-refractivity contribution >= 4 is 35.3 Å². The van der Waals surface area contributed by atoms with Crippen LogP contribution in [0.25, 0.3) is 0 Å². The Hall–Kier alpha value is -2.04. The fraction of sp³-hybridized carbons (Fsp3) is 0.0769. The third kappa shape index (κ3) is 3.24. The Morgan fingerprint density at radius 1 is 1.21 bits per heavy atom. The van der Waals surface area contributed by atoms with Crippen LogP contribution in [0.1, 0.15) is 0 Å². The molecule has 2 rings (SSSR count). The normalized spacial score (nSPS) is 10.2. The molecule has 0 aliphatic carbocycles. The fourth-order valence-electron chi connectivity index (χ4n) is 1.55. The minimum atomic E-state index is -0.458. The van der Waals surface area contributed by atoms with Gasteiger partial charge in [0.15, 0.2) is 0 Å². The quantitative estimate of drug-likeness (QED) is 0.391. The number of methoxy groups -OCH3 is 1. The average molecular weight is 323 g/mol. The zero-order chi connectivity index (χ0) is 13.8. The second kappa shape index (κ2) is 5.73. The molecule has 0 bridgehead atoms. The Morgan fingerprint density at radius 2 is 1.95 bits per heavy atom. The second-order valence-electron chi connectivity index (χ2n) is 3.76. The molecule has 0 saturated carbocycles. The number of hydrogen-bond donors (Lipinski definition) is 1. The van der Waals surface area contributed by atoms with Crippen LogP contribution in [0.2, 0.25) is 0 Å². The van der Waals surface area contributed by atoms with E-state index in [4.69, 9.17) is 10.5 Å². The number of ether oxygens (including phenoxy) is 1. The summed E-state index contributed by atoms with van der Waals surface area (Å²) >= 11 is -0.0208. The van der Waals surface area contributed by atoms with Crippen LogP contribution in [0, 0.1) is 10.1 Å². The van der Waals surface area contributed by atoms with Crippen LogP contribution in [0.5, 0.6) is 5.75 Å². The van der Waals surface area contributed by atoms with E-state index >= 15 is 0 Å². The van der Waals surface area contributed by atoms with E-state index in [1.54, 1.807) is 13.2 Å². The van der Waals surface area contributed by atoms with Crippen molar-refractivity contribution in [3.8, 4) is 5.75 Å². The number of nitrogen functional groups attached to an aromatic ring is 1. The molecule has 98 valence electrons. The Morgan fingerprint density at radius 3 is 2.63 bits per heavy atom. The summed E-state index contributed by atoms with van der Waals surface area (Å²) in [4.78, 5) is 10.4. The van der Waals surface area contributed by atoms with Crippen molar-refractivity contribution in [3.63, 3.8) is 0 Å². The first kappa shape index (κ1) is 13.4. The van der Waals surface area contributed by atoms with E-state index in [0.29, 0.717) is 0 Å². The SMILES string of the molecule is COc1cccc([Se]c2ccc(N)c([N+](=O)[O-])c2)c1. The van der Waals surface area contributed by atoms with E-state index in [9.17, 15) is 10.1 Å². The summed E-state index contributed by atoms with van der Waals surface area (Å²) in [6.45, 7) is 0.